The molecule has 10 heteroatoms. The molecule has 2 atom stereocenters. The average molecular weight is 591 g/mol. The van der Waals surface area contributed by atoms with Crippen LogP contribution < -0.4 is 10.6 Å². The Bertz CT molecular complexity index is 1330. The third-order valence-corrected chi connectivity index (χ3v) is 7.78. The first-order valence-electron chi connectivity index (χ1n) is 15.1. The Labute approximate surface area is 253 Å². The van der Waals surface area contributed by atoms with E-state index in [0.29, 0.717) is 43.7 Å². The minimum atomic E-state index is -0.630. The molecule has 0 bridgehead atoms. The Morgan fingerprint density at radius 3 is 1.44 bits per heavy atom. The molecule has 4 amide bonds. The van der Waals surface area contributed by atoms with Crippen molar-refractivity contribution >= 4 is 35.4 Å². The molecule has 3 aliphatic rings. The predicted molar refractivity (Wildman–Crippen MR) is 164 cm³/mol. The number of benzene rings is 2. The highest BCUT2D eigenvalue weighted by Gasteiger charge is 2.38. The van der Waals surface area contributed by atoms with Gasteiger partial charge in [0, 0.05) is 24.5 Å². The van der Waals surface area contributed by atoms with Crippen LogP contribution in [0.2, 0.25) is 0 Å². The molecule has 230 valence electrons. The first kappa shape index (κ1) is 30.4. The molecule has 2 aromatic carbocycles. The number of carbonyl (C=O) groups excluding carboxylic acids is 4. The molecule has 2 fully saturated rings. The highest BCUT2D eigenvalue weighted by molar-refractivity contribution is 5.98. The fourth-order valence-electron chi connectivity index (χ4n) is 5.97. The van der Waals surface area contributed by atoms with Crippen molar-refractivity contribution in [3.05, 3.63) is 47.5 Å². The van der Waals surface area contributed by atoms with Crippen LogP contribution in [0.1, 0.15) is 78.4 Å². The number of carbonyl (C=O) groups is 4. The molecule has 0 saturated carbocycles. The Hall–Kier alpha value is -4.08. The number of likely N-dealkylation sites (tertiary alicyclic amines) is 2. The summed E-state index contributed by atoms with van der Waals surface area (Å²) in [7, 11) is 0. The van der Waals surface area contributed by atoms with Crippen molar-refractivity contribution in [3.8, 4) is 11.1 Å². The number of nitrogens with one attached hydrogen (secondary N) is 2. The molecule has 2 aliphatic heterocycles. The Morgan fingerprint density at radius 1 is 0.674 bits per heavy atom. The summed E-state index contributed by atoms with van der Waals surface area (Å²) in [5.74, 6) is -0.452. The van der Waals surface area contributed by atoms with Crippen LogP contribution in [-0.4, -0.2) is 70.2 Å². The van der Waals surface area contributed by atoms with Crippen LogP contribution in [0.5, 0.6) is 0 Å². The minimum absolute atomic E-state index is 0.226. The normalized spacial score (nSPS) is 19.5. The summed E-state index contributed by atoms with van der Waals surface area (Å²) in [6, 6.07) is 10.5. The molecule has 0 radical (unpaired) electrons. The summed E-state index contributed by atoms with van der Waals surface area (Å²) < 4.78 is 11.0. The number of nitrogens with zero attached hydrogens (tertiary/aromatic N) is 2. The van der Waals surface area contributed by atoms with Gasteiger partial charge in [-0.25, -0.2) is 9.59 Å². The quantitative estimate of drug-likeness (QED) is 0.389. The highest BCUT2D eigenvalue weighted by Crippen LogP contribution is 2.39. The molecule has 2 heterocycles. The summed E-state index contributed by atoms with van der Waals surface area (Å²) in [6.45, 7) is 11.8. The van der Waals surface area contributed by atoms with Crippen LogP contribution in [0.25, 0.3) is 11.1 Å². The van der Waals surface area contributed by atoms with Crippen molar-refractivity contribution in [3.63, 3.8) is 0 Å². The van der Waals surface area contributed by atoms with Gasteiger partial charge in [0.25, 0.3) is 0 Å². The molecule has 1 aliphatic carbocycles. The third kappa shape index (κ3) is 6.95. The average Bonchev–Trinajstić information content (AvgIpc) is 3.64. The number of fused-ring (bicyclic) bond motifs is 3. The SMILES string of the molecule is CC(C)(C)OC(=O)N1CCC[C@H]1C(=O)Nc1ccc2c(c1)Cc1cc(NC(=O)[C@@H]3CCCN3C(=O)OC(C)(C)C)ccc1-2. The van der Waals surface area contributed by atoms with Crippen LogP contribution in [-0.2, 0) is 25.5 Å². The molecule has 2 aromatic rings. The maximum absolute atomic E-state index is 13.2. The lowest BCUT2D eigenvalue weighted by atomic mass is 10.0. The number of rotatable bonds is 4. The van der Waals surface area contributed by atoms with Gasteiger partial charge in [0.15, 0.2) is 0 Å². The number of ether oxygens (including phenoxy) is 2. The summed E-state index contributed by atoms with van der Waals surface area (Å²) in [4.78, 5) is 54.7. The molecule has 2 N–H and O–H groups in total. The van der Waals surface area contributed by atoms with Gasteiger partial charge >= 0.3 is 12.2 Å². The Balaban J connectivity index is 1.22. The number of hydrogen-bond donors (Lipinski definition) is 2. The van der Waals surface area contributed by atoms with Crippen molar-refractivity contribution in [2.24, 2.45) is 0 Å². The molecule has 5 rings (SSSR count). The van der Waals surface area contributed by atoms with Gasteiger partial charge in [0.05, 0.1) is 0 Å². The van der Waals surface area contributed by atoms with E-state index in [1.165, 1.54) is 9.80 Å². The molecular formula is C33H42N4O6. The van der Waals surface area contributed by atoms with Gasteiger partial charge < -0.3 is 20.1 Å². The first-order valence-corrected chi connectivity index (χ1v) is 15.1. The Kier molecular flexibility index (Phi) is 8.15. The van der Waals surface area contributed by atoms with Crippen molar-refractivity contribution in [2.75, 3.05) is 23.7 Å². The van der Waals surface area contributed by atoms with Crippen LogP contribution in [0.4, 0.5) is 21.0 Å². The van der Waals surface area contributed by atoms with Gasteiger partial charge in [0.2, 0.25) is 11.8 Å². The van der Waals surface area contributed by atoms with Gasteiger partial charge in [-0.1, -0.05) is 12.1 Å². The predicted octanol–water partition coefficient (Wildman–Crippen LogP) is 5.93. The number of anilines is 2. The molecule has 2 saturated heterocycles. The zero-order valence-corrected chi connectivity index (χ0v) is 25.9. The lowest BCUT2D eigenvalue weighted by Gasteiger charge is -2.28. The Morgan fingerprint density at radius 2 is 1.07 bits per heavy atom. The van der Waals surface area contributed by atoms with E-state index in [1.807, 2.05) is 77.9 Å². The standard InChI is InChI=1S/C33H42N4O6/c1-32(2,3)42-30(40)36-15-7-9-26(36)28(38)34-22-11-13-24-20(18-22)17-21-19-23(12-14-25(21)24)35-29(39)27-10-8-16-37(27)31(41)43-33(4,5)6/h11-14,18-19,26-27H,7-10,15-17H2,1-6H3,(H,34,38)(H,35,39)/t26-,27-/m0/s1. The maximum Gasteiger partial charge on any atom is 0.410 e. The molecule has 0 unspecified atom stereocenters. The molecule has 0 aromatic heterocycles. The summed E-state index contributed by atoms with van der Waals surface area (Å²) in [5.41, 5.74) is 4.37. The van der Waals surface area contributed by atoms with E-state index in [2.05, 4.69) is 10.6 Å². The highest BCUT2D eigenvalue weighted by atomic mass is 16.6. The maximum atomic E-state index is 13.2. The van der Waals surface area contributed by atoms with Gasteiger partial charge in [-0.15, -0.1) is 0 Å². The second-order valence-corrected chi connectivity index (χ2v) is 13.6. The minimum Gasteiger partial charge on any atom is -0.444 e. The van der Waals surface area contributed by atoms with Crippen molar-refractivity contribution in [2.45, 2.75) is 96.9 Å². The van der Waals surface area contributed by atoms with Crippen LogP contribution >= 0.6 is 0 Å². The van der Waals surface area contributed by atoms with Gasteiger partial charge in [-0.3, -0.25) is 19.4 Å². The smallest absolute Gasteiger partial charge is 0.410 e. The second-order valence-electron chi connectivity index (χ2n) is 13.6. The van der Waals surface area contributed by atoms with Crippen LogP contribution in [0, 0.1) is 0 Å². The van der Waals surface area contributed by atoms with E-state index in [4.69, 9.17) is 9.47 Å². The van der Waals surface area contributed by atoms with E-state index >= 15 is 0 Å². The van der Waals surface area contributed by atoms with Crippen molar-refractivity contribution < 1.29 is 28.7 Å². The number of hydrogen-bond acceptors (Lipinski definition) is 6. The lowest BCUT2D eigenvalue weighted by molar-refractivity contribution is -0.121. The number of amides is 4. The monoisotopic (exact) mass is 590 g/mol. The van der Waals surface area contributed by atoms with E-state index in [0.717, 1.165) is 35.1 Å². The van der Waals surface area contributed by atoms with Gasteiger partial charge in [-0.05, 0) is 120 Å². The summed E-state index contributed by atoms with van der Waals surface area (Å²) >= 11 is 0. The zero-order chi connectivity index (χ0) is 31.1. The van der Waals surface area contributed by atoms with Crippen LogP contribution in [0.15, 0.2) is 36.4 Å². The third-order valence-electron chi connectivity index (χ3n) is 7.78. The summed E-state index contributed by atoms with van der Waals surface area (Å²) in [5, 5.41) is 5.99. The molecule has 0 spiro atoms. The summed E-state index contributed by atoms with van der Waals surface area (Å²) in [6.07, 6.45) is 2.38. The van der Waals surface area contributed by atoms with Gasteiger partial charge in [0.1, 0.15) is 23.3 Å². The zero-order valence-electron chi connectivity index (χ0n) is 25.9. The molecule has 10 nitrogen and oxygen atoms in total. The largest absolute Gasteiger partial charge is 0.444 e. The van der Waals surface area contributed by atoms with Crippen molar-refractivity contribution in [1.82, 2.24) is 9.80 Å². The lowest BCUT2D eigenvalue weighted by Crippen LogP contribution is -2.45. The molecule has 43 heavy (non-hydrogen) atoms. The van der Waals surface area contributed by atoms with E-state index in [9.17, 15) is 19.2 Å². The first-order chi connectivity index (χ1) is 20.2. The van der Waals surface area contributed by atoms with Crippen molar-refractivity contribution in [1.29, 1.82) is 0 Å². The topological polar surface area (TPSA) is 117 Å². The fourth-order valence-corrected chi connectivity index (χ4v) is 5.97. The van der Waals surface area contributed by atoms with Gasteiger partial charge in [-0.2, -0.15) is 0 Å². The van der Waals surface area contributed by atoms with E-state index < -0.39 is 35.5 Å². The van der Waals surface area contributed by atoms with E-state index in [1.54, 1.807) is 0 Å². The molecular weight excluding hydrogens is 548 g/mol. The van der Waals surface area contributed by atoms with E-state index in [-0.39, 0.29) is 11.8 Å². The fraction of sp³-hybridized carbons (Fsp3) is 0.515. The van der Waals surface area contributed by atoms with Crippen LogP contribution in [0.3, 0.4) is 0 Å². The second kappa shape index (κ2) is 11.5.